The van der Waals surface area contributed by atoms with E-state index in [2.05, 4.69) is 13.8 Å². The number of aliphatic hydroxyl groups is 2. The van der Waals surface area contributed by atoms with Gasteiger partial charge in [-0.3, -0.25) is 0 Å². The second-order valence-electron chi connectivity index (χ2n) is 6.88. The fourth-order valence-electron chi connectivity index (χ4n) is 4.78. The van der Waals surface area contributed by atoms with Crippen LogP contribution in [-0.2, 0) is 4.74 Å². The quantitative estimate of drug-likeness (QED) is 0.755. The van der Waals surface area contributed by atoms with Gasteiger partial charge in [-0.1, -0.05) is 13.8 Å². The van der Waals surface area contributed by atoms with Crippen molar-refractivity contribution in [2.45, 2.75) is 76.8 Å². The Morgan fingerprint density at radius 2 is 1.83 bits per heavy atom. The molecule has 6 atom stereocenters. The van der Waals surface area contributed by atoms with Gasteiger partial charge in [-0.05, 0) is 49.9 Å². The van der Waals surface area contributed by atoms with E-state index < -0.39 is 5.79 Å². The molecule has 2 saturated carbocycles. The van der Waals surface area contributed by atoms with Crippen LogP contribution in [-0.4, -0.2) is 28.2 Å². The van der Waals surface area contributed by atoms with Crippen LogP contribution in [0.4, 0.5) is 0 Å². The molecular weight excluding hydrogens is 228 g/mol. The van der Waals surface area contributed by atoms with Gasteiger partial charge in [0.15, 0.2) is 5.79 Å². The van der Waals surface area contributed by atoms with Gasteiger partial charge in [0.05, 0.1) is 12.2 Å². The summed E-state index contributed by atoms with van der Waals surface area (Å²) in [6.45, 7) is 4.33. The van der Waals surface area contributed by atoms with Crippen LogP contribution >= 0.6 is 0 Å². The van der Waals surface area contributed by atoms with Crippen molar-refractivity contribution in [2.24, 2.45) is 17.3 Å². The van der Waals surface area contributed by atoms with Crippen LogP contribution in [0.5, 0.6) is 0 Å². The van der Waals surface area contributed by atoms with Gasteiger partial charge >= 0.3 is 0 Å². The van der Waals surface area contributed by atoms with Crippen LogP contribution in [0, 0.1) is 17.3 Å². The normalized spacial score (nSPS) is 56.0. The van der Waals surface area contributed by atoms with Gasteiger partial charge in [0.1, 0.15) is 0 Å². The van der Waals surface area contributed by atoms with E-state index in [0.717, 1.165) is 38.5 Å². The fourth-order valence-corrected chi connectivity index (χ4v) is 4.78. The third kappa shape index (κ3) is 1.67. The van der Waals surface area contributed by atoms with Gasteiger partial charge in [-0.2, -0.15) is 0 Å². The molecule has 0 spiro atoms. The van der Waals surface area contributed by atoms with Crippen molar-refractivity contribution in [3.05, 3.63) is 0 Å². The molecule has 0 amide bonds. The summed E-state index contributed by atoms with van der Waals surface area (Å²) in [6.07, 6.45) is 6.67. The summed E-state index contributed by atoms with van der Waals surface area (Å²) >= 11 is 0. The Morgan fingerprint density at radius 3 is 2.56 bits per heavy atom. The van der Waals surface area contributed by atoms with Gasteiger partial charge in [0, 0.05) is 12.3 Å². The van der Waals surface area contributed by atoms with Crippen LogP contribution in [0.15, 0.2) is 0 Å². The Morgan fingerprint density at radius 1 is 1.11 bits per heavy atom. The minimum Gasteiger partial charge on any atom is -0.393 e. The van der Waals surface area contributed by atoms with Crippen LogP contribution in [0.1, 0.15) is 58.8 Å². The summed E-state index contributed by atoms with van der Waals surface area (Å²) in [5.41, 5.74) is 0.0132. The first-order chi connectivity index (χ1) is 8.49. The molecule has 104 valence electrons. The molecule has 0 aromatic rings. The second kappa shape index (κ2) is 4.19. The molecular formula is C15H26O3. The largest absolute Gasteiger partial charge is 0.393 e. The Bertz CT molecular complexity index is 332. The average molecular weight is 254 g/mol. The molecule has 2 aliphatic carbocycles. The first-order valence-electron chi connectivity index (χ1n) is 7.58. The van der Waals surface area contributed by atoms with Crippen LogP contribution in [0.25, 0.3) is 0 Å². The standard InChI is InChI=1S/C15H26O3/c1-3-10-4-5-12-11-6-7-13(16)14(11,2)8-9-15(12,17)18-10/h10-13,16-17H,3-9H2,1-2H3. The maximum atomic E-state index is 10.8. The lowest BCUT2D eigenvalue weighted by atomic mass is 9.59. The lowest BCUT2D eigenvalue weighted by molar-refractivity contribution is -0.319. The first-order valence-corrected chi connectivity index (χ1v) is 7.58. The number of hydrogen-bond acceptors (Lipinski definition) is 3. The molecule has 1 heterocycles. The second-order valence-corrected chi connectivity index (χ2v) is 6.88. The Hall–Kier alpha value is -0.120. The van der Waals surface area contributed by atoms with E-state index in [9.17, 15) is 10.2 Å². The van der Waals surface area contributed by atoms with Gasteiger partial charge in [0.2, 0.25) is 0 Å². The van der Waals surface area contributed by atoms with Crippen molar-refractivity contribution in [1.82, 2.24) is 0 Å². The van der Waals surface area contributed by atoms with Gasteiger partial charge < -0.3 is 14.9 Å². The van der Waals surface area contributed by atoms with Gasteiger partial charge in [0.25, 0.3) is 0 Å². The summed E-state index contributed by atoms with van der Waals surface area (Å²) in [5, 5.41) is 21.1. The van der Waals surface area contributed by atoms with E-state index in [1.165, 1.54) is 0 Å². The number of fused-ring (bicyclic) bond motifs is 3. The molecule has 0 aromatic heterocycles. The highest BCUT2D eigenvalue weighted by molar-refractivity contribution is 5.06. The van der Waals surface area contributed by atoms with Crippen LogP contribution < -0.4 is 0 Å². The number of rotatable bonds is 1. The molecule has 6 unspecified atom stereocenters. The summed E-state index contributed by atoms with van der Waals surface area (Å²) in [4.78, 5) is 0. The summed E-state index contributed by atoms with van der Waals surface area (Å²) < 4.78 is 5.99. The predicted molar refractivity (Wildman–Crippen MR) is 68.9 cm³/mol. The fraction of sp³-hybridized carbons (Fsp3) is 1.00. The van der Waals surface area contributed by atoms with Gasteiger partial charge in [-0.15, -0.1) is 0 Å². The molecule has 1 aliphatic heterocycles. The summed E-state index contributed by atoms with van der Waals surface area (Å²) in [6, 6.07) is 0. The number of aliphatic hydroxyl groups excluding tert-OH is 1. The minimum atomic E-state index is -0.910. The highest BCUT2D eigenvalue weighted by Gasteiger charge is 2.60. The molecule has 0 bridgehead atoms. The van der Waals surface area contributed by atoms with Gasteiger partial charge in [-0.25, -0.2) is 0 Å². The van der Waals surface area contributed by atoms with Crippen LogP contribution in [0.2, 0.25) is 0 Å². The lowest BCUT2D eigenvalue weighted by Crippen LogP contribution is -2.57. The van der Waals surface area contributed by atoms with Crippen molar-refractivity contribution in [1.29, 1.82) is 0 Å². The Kier molecular flexibility index (Phi) is 3.00. The zero-order chi connectivity index (χ0) is 13.0. The summed E-state index contributed by atoms with van der Waals surface area (Å²) in [7, 11) is 0. The molecule has 3 rings (SSSR count). The Labute approximate surface area is 110 Å². The Balaban J connectivity index is 1.85. The molecule has 18 heavy (non-hydrogen) atoms. The molecule has 3 fully saturated rings. The van der Waals surface area contributed by atoms with Crippen molar-refractivity contribution < 1.29 is 14.9 Å². The zero-order valence-corrected chi connectivity index (χ0v) is 11.6. The monoisotopic (exact) mass is 254 g/mol. The molecule has 0 aromatic carbocycles. The van der Waals surface area contributed by atoms with E-state index in [0.29, 0.717) is 12.3 Å². The van der Waals surface area contributed by atoms with E-state index in [1.54, 1.807) is 0 Å². The van der Waals surface area contributed by atoms with Crippen LogP contribution in [0.3, 0.4) is 0 Å². The highest BCUT2D eigenvalue weighted by Crippen LogP contribution is 2.60. The zero-order valence-electron chi connectivity index (χ0n) is 11.6. The number of ether oxygens (including phenoxy) is 1. The molecule has 3 aliphatic rings. The highest BCUT2D eigenvalue weighted by atomic mass is 16.6. The molecule has 3 heteroatoms. The maximum Gasteiger partial charge on any atom is 0.168 e. The predicted octanol–water partition coefficient (Wildman–Crippen LogP) is 2.45. The van der Waals surface area contributed by atoms with Crippen molar-refractivity contribution >= 4 is 0 Å². The smallest absolute Gasteiger partial charge is 0.168 e. The lowest BCUT2D eigenvalue weighted by Gasteiger charge is -2.54. The van der Waals surface area contributed by atoms with E-state index >= 15 is 0 Å². The molecule has 3 nitrogen and oxygen atoms in total. The van der Waals surface area contributed by atoms with E-state index in [4.69, 9.17) is 4.74 Å². The topological polar surface area (TPSA) is 49.7 Å². The van der Waals surface area contributed by atoms with Crippen molar-refractivity contribution in [2.75, 3.05) is 0 Å². The first kappa shape index (κ1) is 12.9. The third-order valence-corrected chi connectivity index (χ3v) is 6.07. The molecule has 1 saturated heterocycles. The summed E-state index contributed by atoms with van der Waals surface area (Å²) in [5.74, 6) is -0.243. The number of hydrogen-bond donors (Lipinski definition) is 2. The maximum absolute atomic E-state index is 10.8. The minimum absolute atomic E-state index is 0.0132. The van der Waals surface area contributed by atoms with Crippen molar-refractivity contribution in [3.63, 3.8) is 0 Å². The van der Waals surface area contributed by atoms with E-state index in [1.807, 2.05) is 0 Å². The SMILES string of the molecule is CCC1CCC2C3CCC(O)C3(C)CCC2(O)O1. The van der Waals surface area contributed by atoms with E-state index in [-0.39, 0.29) is 23.5 Å². The third-order valence-electron chi connectivity index (χ3n) is 6.07. The molecule has 0 radical (unpaired) electrons. The molecule has 2 N–H and O–H groups in total. The average Bonchev–Trinajstić information content (AvgIpc) is 2.65. The van der Waals surface area contributed by atoms with Crippen molar-refractivity contribution in [3.8, 4) is 0 Å².